The number of fused-ring (bicyclic) bond motifs is 1. The van der Waals surface area contributed by atoms with E-state index in [1.807, 2.05) is 35.2 Å². The Morgan fingerprint density at radius 2 is 2.00 bits per heavy atom. The zero-order chi connectivity index (χ0) is 22.3. The van der Waals surface area contributed by atoms with Gasteiger partial charge in [-0.05, 0) is 55.9 Å². The van der Waals surface area contributed by atoms with Gasteiger partial charge in [-0.1, -0.05) is 18.2 Å². The van der Waals surface area contributed by atoms with Crippen molar-refractivity contribution in [3.8, 4) is 5.75 Å². The third kappa shape index (κ3) is 6.08. The van der Waals surface area contributed by atoms with E-state index in [0.29, 0.717) is 39.3 Å². The third-order valence-electron chi connectivity index (χ3n) is 5.54. The van der Waals surface area contributed by atoms with E-state index in [9.17, 15) is 4.79 Å². The van der Waals surface area contributed by atoms with Crippen LogP contribution in [-0.2, 0) is 28.9 Å². The molecular formula is C25H32N4O3. The highest BCUT2D eigenvalue weighted by Crippen LogP contribution is 2.17. The molecule has 0 saturated carbocycles. The van der Waals surface area contributed by atoms with Crippen LogP contribution in [-0.4, -0.2) is 72.7 Å². The van der Waals surface area contributed by atoms with E-state index in [0.717, 1.165) is 47.6 Å². The smallest absolute Gasteiger partial charge is 0.227 e. The second kappa shape index (κ2) is 10.6. The monoisotopic (exact) mass is 436 g/mol. The predicted molar refractivity (Wildman–Crippen MR) is 125 cm³/mol. The van der Waals surface area contributed by atoms with Crippen LogP contribution in [0.2, 0.25) is 0 Å². The normalized spacial score (nSPS) is 14.3. The average molecular weight is 437 g/mol. The van der Waals surface area contributed by atoms with Gasteiger partial charge in [0.25, 0.3) is 0 Å². The van der Waals surface area contributed by atoms with E-state index in [-0.39, 0.29) is 5.91 Å². The molecule has 2 aromatic carbocycles. The first kappa shape index (κ1) is 22.3. The summed E-state index contributed by atoms with van der Waals surface area (Å²) < 4.78 is 11.3. The molecule has 7 heteroatoms. The minimum atomic E-state index is 0.148. The van der Waals surface area contributed by atoms with E-state index < -0.39 is 0 Å². The fraction of sp³-hybridized carbons (Fsp3) is 0.440. The van der Waals surface area contributed by atoms with Crippen molar-refractivity contribution in [3.63, 3.8) is 0 Å². The summed E-state index contributed by atoms with van der Waals surface area (Å²) in [5.41, 5.74) is 4.14. The van der Waals surface area contributed by atoms with E-state index in [2.05, 4.69) is 36.1 Å². The van der Waals surface area contributed by atoms with Crippen LogP contribution in [0.15, 0.2) is 42.5 Å². The van der Waals surface area contributed by atoms with Gasteiger partial charge in [0.05, 0.1) is 37.3 Å². The van der Waals surface area contributed by atoms with Crippen LogP contribution in [0.1, 0.15) is 23.4 Å². The molecule has 0 bridgehead atoms. The Bertz CT molecular complexity index is 1040. The Kier molecular flexibility index (Phi) is 7.39. The summed E-state index contributed by atoms with van der Waals surface area (Å²) in [5, 5.41) is 0. The molecule has 3 aromatic rings. The maximum absolute atomic E-state index is 12.5. The molecule has 0 unspecified atom stereocenters. The van der Waals surface area contributed by atoms with Crippen molar-refractivity contribution >= 4 is 16.9 Å². The van der Waals surface area contributed by atoms with Crippen molar-refractivity contribution in [2.24, 2.45) is 0 Å². The van der Waals surface area contributed by atoms with Crippen LogP contribution in [0.5, 0.6) is 5.75 Å². The van der Waals surface area contributed by atoms with Crippen LogP contribution in [0.3, 0.4) is 0 Å². The standard InChI is InChI=1S/C25H32N4O3/c1-28(2)18-20-5-3-6-21(15-20)32-12-4-7-24-26-22-9-8-19(16-23(22)27-24)17-25(30)29-10-13-31-14-11-29/h3,5-6,8-9,15-16H,4,7,10-14,17-18H2,1-2H3,(H,26,27). The minimum absolute atomic E-state index is 0.148. The number of amides is 1. The summed E-state index contributed by atoms with van der Waals surface area (Å²) in [5.74, 6) is 2.00. The summed E-state index contributed by atoms with van der Waals surface area (Å²) in [6.45, 7) is 4.14. The van der Waals surface area contributed by atoms with Gasteiger partial charge in [0.15, 0.2) is 0 Å². The number of carbonyl (C=O) groups is 1. The van der Waals surface area contributed by atoms with Crippen molar-refractivity contribution in [3.05, 3.63) is 59.4 Å². The van der Waals surface area contributed by atoms with Crippen LogP contribution < -0.4 is 4.74 Å². The molecule has 0 aliphatic carbocycles. The first-order valence-electron chi connectivity index (χ1n) is 11.3. The van der Waals surface area contributed by atoms with Gasteiger partial charge in [-0.2, -0.15) is 0 Å². The Labute approximate surface area is 189 Å². The number of rotatable bonds is 9. The number of hydrogen-bond acceptors (Lipinski definition) is 5. The Hall–Kier alpha value is -2.90. The summed E-state index contributed by atoms with van der Waals surface area (Å²) in [4.78, 5) is 24.6. The molecule has 0 atom stereocenters. The van der Waals surface area contributed by atoms with E-state index in [4.69, 9.17) is 14.5 Å². The molecule has 7 nitrogen and oxygen atoms in total. The largest absolute Gasteiger partial charge is 0.494 e. The number of carbonyl (C=O) groups excluding carboxylic acids is 1. The number of ether oxygens (including phenoxy) is 2. The number of H-pyrrole nitrogens is 1. The fourth-order valence-corrected chi connectivity index (χ4v) is 3.96. The lowest BCUT2D eigenvalue weighted by Gasteiger charge is -2.26. The maximum Gasteiger partial charge on any atom is 0.227 e. The van der Waals surface area contributed by atoms with E-state index >= 15 is 0 Å². The van der Waals surface area contributed by atoms with Crippen LogP contribution in [0.25, 0.3) is 11.0 Å². The number of morpholine rings is 1. The number of imidazole rings is 1. The van der Waals surface area contributed by atoms with Gasteiger partial charge < -0.3 is 24.3 Å². The SMILES string of the molecule is CN(C)Cc1cccc(OCCCc2nc3cc(CC(=O)N4CCOCC4)ccc3[nH]2)c1. The minimum Gasteiger partial charge on any atom is -0.494 e. The molecule has 0 radical (unpaired) electrons. The van der Waals surface area contributed by atoms with Gasteiger partial charge in [0, 0.05) is 26.1 Å². The molecule has 1 N–H and O–H groups in total. The van der Waals surface area contributed by atoms with Crippen molar-refractivity contribution in [2.45, 2.75) is 25.8 Å². The van der Waals surface area contributed by atoms with Gasteiger partial charge >= 0.3 is 0 Å². The molecule has 4 rings (SSSR count). The maximum atomic E-state index is 12.5. The summed E-state index contributed by atoms with van der Waals surface area (Å²) >= 11 is 0. The third-order valence-corrected chi connectivity index (χ3v) is 5.54. The first-order valence-corrected chi connectivity index (χ1v) is 11.3. The first-order chi connectivity index (χ1) is 15.6. The summed E-state index contributed by atoms with van der Waals surface area (Å²) in [6, 6.07) is 14.3. The van der Waals surface area contributed by atoms with Crippen LogP contribution in [0, 0.1) is 0 Å². The lowest BCUT2D eigenvalue weighted by atomic mass is 10.1. The number of benzene rings is 2. The Morgan fingerprint density at radius 1 is 1.16 bits per heavy atom. The van der Waals surface area contributed by atoms with Gasteiger partial charge in [-0.3, -0.25) is 4.79 Å². The molecule has 1 fully saturated rings. The topological polar surface area (TPSA) is 70.7 Å². The van der Waals surface area contributed by atoms with Crippen molar-refractivity contribution in [1.29, 1.82) is 0 Å². The zero-order valence-corrected chi connectivity index (χ0v) is 19.0. The summed E-state index contributed by atoms with van der Waals surface area (Å²) in [6.07, 6.45) is 2.09. The molecule has 1 aromatic heterocycles. The van der Waals surface area contributed by atoms with Crippen molar-refractivity contribution in [2.75, 3.05) is 47.0 Å². The summed E-state index contributed by atoms with van der Waals surface area (Å²) in [7, 11) is 4.12. The van der Waals surface area contributed by atoms with E-state index in [1.54, 1.807) is 0 Å². The second-order valence-corrected chi connectivity index (χ2v) is 8.54. The Morgan fingerprint density at radius 3 is 2.81 bits per heavy atom. The fourth-order valence-electron chi connectivity index (χ4n) is 3.96. The predicted octanol–water partition coefficient (Wildman–Crippen LogP) is 3.04. The molecule has 1 saturated heterocycles. The zero-order valence-electron chi connectivity index (χ0n) is 19.0. The van der Waals surface area contributed by atoms with Gasteiger partial charge in [-0.15, -0.1) is 0 Å². The Balaban J connectivity index is 1.28. The molecule has 1 aliphatic rings. The van der Waals surface area contributed by atoms with Crippen molar-refractivity contribution in [1.82, 2.24) is 19.8 Å². The molecule has 1 aliphatic heterocycles. The highest BCUT2D eigenvalue weighted by atomic mass is 16.5. The van der Waals surface area contributed by atoms with Gasteiger partial charge in [0.2, 0.25) is 5.91 Å². The molecule has 2 heterocycles. The van der Waals surface area contributed by atoms with Gasteiger partial charge in [0.1, 0.15) is 11.6 Å². The van der Waals surface area contributed by atoms with E-state index in [1.165, 1.54) is 5.56 Å². The number of aromatic amines is 1. The molecule has 0 spiro atoms. The number of nitrogens with zero attached hydrogens (tertiary/aromatic N) is 3. The van der Waals surface area contributed by atoms with Crippen LogP contribution in [0.4, 0.5) is 0 Å². The molecule has 1 amide bonds. The second-order valence-electron chi connectivity index (χ2n) is 8.54. The average Bonchev–Trinajstić information content (AvgIpc) is 3.19. The lowest BCUT2D eigenvalue weighted by Crippen LogP contribution is -2.41. The number of aromatic nitrogens is 2. The van der Waals surface area contributed by atoms with Gasteiger partial charge in [-0.25, -0.2) is 4.98 Å². The molecular weight excluding hydrogens is 404 g/mol. The number of nitrogens with one attached hydrogen (secondary N) is 1. The number of hydrogen-bond donors (Lipinski definition) is 1. The molecule has 32 heavy (non-hydrogen) atoms. The van der Waals surface area contributed by atoms with Crippen LogP contribution >= 0.6 is 0 Å². The number of aryl methyl sites for hydroxylation is 1. The highest BCUT2D eigenvalue weighted by Gasteiger charge is 2.17. The quantitative estimate of drug-likeness (QED) is 0.522. The highest BCUT2D eigenvalue weighted by molar-refractivity contribution is 5.82. The lowest BCUT2D eigenvalue weighted by molar-refractivity contribution is -0.134. The van der Waals surface area contributed by atoms with Crippen molar-refractivity contribution < 1.29 is 14.3 Å². The molecule has 170 valence electrons.